The molecule has 1 unspecified atom stereocenters. The smallest absolute Gasteiger partial charge is 0.0810 e. The van der Waals surface area contributed by atoms with Gasteiger partial charge >= 0.3 is 0 Å². The second-order valence-corrected chi connectivity index (χ2v) is 2.97. The van der Waals surface area contributed by atoms with Crippen molar-refractivity contribution in [3.63, 3.8) is 0 Å². The molecule has 0 saturated heterocycles. The molecule has 13 heavy (non-hydrogen) atoms. The predicted molar refractivity (Wildman–Crippen MR) is 54.5 cm³/mol. The first-order valence-corrected chi connectivity index (χ1v) is 4.44. The van der Waals surface area contributed by atoms with Crippen molar-refractivity contribution in [2.75, 3.05) is 19.8 Å². The monoisotopic (exact) mass is 185 g/mol. The molecule has 3 N–H and O–H groups in total. The third-order valence-corrected chi connectivity index (χ3v) is 1.57. The Labute approximate surface area is 79.9 Å². The fourth-order valence-electron chi connectivity index (χ4n) is 0.986. The van der Waals surface area contributed by atoms with Gasteiger partial charge in [-0.1, -0.05) is 18.2 Å². The van der Waals surface area contributed by atoms with Crippen molar-refractivity contribution in [1.82, 2.24) is 0 Å². The van der Waals surface area contributed by atoms with E-state index in [0.717, 1.165) is 12.0 Å². The van der Waals surface area contributed by atoms with E-state index in [1.807, 2.05) is 0 Å². The third kappa shape index (κ3) is 7.71. The van der Waals surface area contributed by atoms with Crippen molar-refractivity contribution in [3.05, 3.63) is 24.8 Å². The highest BCUT2D eigenvalue weighted by Gasteiger charge is 2.05. The van der Waals surface area contributed by atoms with Crippen molar-refractivity contribution in [2.45, 2.75) is 18.9 Å². The lowest BCUT2D eigenvalue weighted by Gasteiger charge is -2.11. The SMILES string of the molecule is C=CCOCC(O)CC(=C)CCN. The minimum atomic E-state index is -0.473. The second-order valence-electron chi connectivity index (χ2n) is 2.97. The maximum Gasteiger partial charge on any atom is 0.0810 e. The topological polar surface area (TPSA) is 55.5 Å². The Morgan fingerprint density at radius 1 is 1.62 bits per heavy atom. The minimum absolute atomic E-state index is 0.329. The first kappa shape index (κ1) is 12.4. The molecule has 0 bridgehead atoms. The van der Waals surface area contributed by atoms with Gasteiger partial charge in [0.25, 0.3) is 0 Å². The summed E-state index contributed by atoms with van der Waals surface area (Å²) in [5, 5.41) is 9.41. The first-order chi connectivity index (χ1) is 6.20. The lowest BCUT2D eigenvalue weighted by molar-refractivity contribution is 0.0494. The minimum Gasteiger partial charge on any atom is -0.390 e. The summed E-state index contributed by atoms with van der Waals surface area (Å²) >= 11 is 0. The van der Waals surface area contributed by atoms with E-state index in [4.69, 9.17) is 10.5 Å². The largest absolute Gasteiger partial charge is 0.390 e. The van der Waals surface area contributed by atoms with Crippen LogP contribution in [0, 0.1) is 0 Å². The fourth-order valence-corrected chi connectivity index (χ4v) is 0.986. The average molecular weight is 185 g/mol. The van der Waals surface area contributed by atoms with Crippen LogP contribution in [-0.2, 0) is 4.74 Å². The Bertz CT molecular complexity index is 157. The molecule has 0 saturated carbocycles. The molecule has 0 aromatic rings. The van der Waals surface area contributed by atoms with Crippen molar-refractivity contribution < 1.29 is 9.84 Å². The molecule has 76 valence electrons. The summed E-state index contributed by atoms with van der Waals surface area (Å²) in [7, 11) is 0. The van der Waals surface area contributed by atoms with Crippen LogP contribution in [0.2, 0.25) is 0 Å². The highest BCUT2D eigenvalue weighted by molar-refractivity contribution is 4.96. The maximum absolute atomic E-state index is 9.41. The van der Waals surface area contributed by atoms with Crippen LogP contribution in [0.25, 0.3) is 0 Å². The van der Waals surface area contributed by atoms with E-state index in [-0.39, 0.29) is 0 Å². The Balaban J connectivity index is 3.43. The van der Waals surface area contributed by atoms with Crippen LogP contribution >= 0.6 is 0 Å². The zero-order valence-electron chi connectivity index (χ0n) is 8.04. The van der Waals surface area contributed by atoms with Gasteiger partial charge in [0, 0.05) is 0 Å². The van der Waals surface area contributed by atoms with E-state index >= 15 is 0 Å². The van der Waals surface area contributed by atoms with Gasteiger partial charge in [-0.25, -0.2) is 0 Å². The Morgan fingerprint density at radius 3 is 2.85 bits per heavy atom. The van der Waals surface area contributed by atoms with Crippen LogP contribution in [0.1, 0.15) is 12.8 Å². The van der Waals surface area contributed by atoms with Gasteiger partial charge in [-0.3, -0.25) is 0 Å². The first-order valence-electron chi connectivity index (χ1n) is 4.44. The zero-order valence-corrected chi connectivity index (χ0v) is 8.04. The second kappa shape index (κ2) is 7.98. The molecule has 3 nitrogen and oxygen atoms in total. The fraction of sp³-hybridized carbons (Fsp3) is 0.600. The molecule has 0 heterocycles. The molecule has 0 fully saturated rings. The molecule has 0 aliphatic rings. The number of aliphatic hydroxyl groups is 1. The number of rotatable bonds is 8. The summed E-state index contributed by atoms with van der Waals surface area (Å²) < 4.78 is 5.08. The lowest BCUT2D eigenvalue weighted by atomic mass is 10.1. The van der Waals surface area contributed by atoms with Gasteiger partial charge in [0.15, 0.2) is 0 Å². The van der Waals surface area contributed by atoms with E-state index in [1.54, 1.807) is 6.08 Å². The number of hydrogen-bond acceptors (Lipinski definition) is 3. The van der Waals surface area contributed by atoms with Gasteiger partial charge in [-0.15, -0.1) is 6.58 Å². The van der Waals surface area contributed by atoms with Gasteiger partial charge < -0.3 is 15.6 Å². The van der Waals surface area contributed by atoms with Gasteiger partial charge in [-0.05, 0) is 19.4 Å². The molecule has 0 rings (SSSR count). The molecule has 0 aliphatic carbocycles. The quantitative estimate of drug-likeness (QED) is 0.435. The molecular formula is C10H19NO2. The highest BCUT2D eigenvalue weighted by atomic mass is 16.5. The Morgan fingerprint density at radius 2 is 2.31 bits per heavy atom. The molecular weight excluding hydrogens is 166 g/mol. The number of nitrogens with two attached hydrogens (primary N) is 1. The summed E-state index contributed by atoms with van der Waals surface area (Å²) in [6.07, 6.45) is 2.51. The number of ether oxygens (including phenoxy) is 1. The molecule has 0 amide bonds. The highest BCUT2D eigenvalue weighted by Crippen LogP contribution is 2.06. The van der Waals surface area contributed by atoms with Crippen molar-refractivity contribution in [1.29, 1.82) is 0 Å². The van der Waals surface area contributed by atoms with Gasteiger partial charge in [0.05, 0.1) is 19.3 Å². The summed E-state index contributed by atoms with van der Waals surface area (Å²) in [4.78, 5) is 0. The van der Waals surface area contributed by atoms with Gasteiger partial charge in [-0.2, -0.15) is 0 Å². The van der Waals surface area contributed by atoms with Gasteiger partial charge in [0.1, 0.15) is 0 Å². The summed E-state index contributed by atoms with van der Waals surface area (Å²) in [5.41, 5.74) is 6.31. The van der Waals surface area contributed by atoms with Crippen LogP contribution in [0.5, 0.6) is 0 Å². The standard InChI is InChI=1S/C10H19NO2/c1-3-6-13-8-10(12)7-9(2)4-5-11/h3,10,12H,1-2,4-8,11H2. The van der Waals surface area contributed by atoms with Crippen molar-refractivity contribution in [3.8, 4) is 0 Å². The summed E-state index contributed by atoms with van der Waals surface area (Å²) in [6.45, 7) is 8.69. The molecule has 0 radical (unpaired) electrons. The third-order valence-electron chi connectivity index (χ3n) is 1.57. The van der Waals surface area contributed by atoms with E-state index in [1.165, 1.54) is 0 Å². The van der Waals surface area contributed by atoms with E-state index in [9.17, 15) is 5.11 Å². The van der Waals surface area contributed by atoms with Gasteiger partial charge in [0.2, 0.25) is 0 Å². The molecule has 0 spiro atoms. The Hall–Kier alpha value is -0.640. The van der Waals surface area contributed by atoms with Crippen LogP contribution in [-0.4, -0.2) is 31.0 Å². The summed E-state index contributed by atoms with van der Waals surface area (Å²) in [6, 6.07) is 0. The van der Waals surface area contributed by atoms with E-state index in [2.05, 4.69) is 13.2 Å². The predicted octanol–water partition coefficient (Wildman–Crippen LogP) is 0.845. The van der Waals surface area contributed by atoms with Crippen LogP contribution in [0.15, 0.2) is 24.8 Å². The van der Waals surface area contributed by atoms with Crippen molar-refractivity contribution >= 4 is 0 Å². The lowest BCUT2D eigenvalue weighted by Crippen LogP contribution is -2.16. The van der Waals surface area contributed by atoms with E-state index in [0.29, 0.717) is 26.2 Å². The van der Waals surface area contributed by atoms with Crippen LogP contribution in [0.4, 0.5) is 0 Å². The number of aliphatic hydroxyl groups excluding tert-OH is 1. The normalized spacial score (nSPS) is 12.5. The summed E-state index contributed by atoms with van der Waals surface area (Å²) in [5.74, 6) is 0. The zero-order chi connectivity index (χ0) is 10.1. The molecule has 0 aromatic heterocycles. The van der Waals surface area contributed by atoms with Crippen molar-refractivity contribution in [2.24, 2.45) is 5.73 Å². The van der Waals surface area contributed by atoms with Crippen LogP contribution < -0.4 is 5.73 Å². The Kier molecular flexibility index (Phi) is 7.59. The van der Waals surface area contributed by atoms with E-state index < -0.39 is 6.10 Å². The molecule has 0 aromatic carbocycles. The van der Waals surface area contributed by atoms with Crippen LogP contribution in [0.3, 0.4) is 0 Å². The molecule has 3 heteroatoms. The number of hydrogen-bond donors (Lipinski definition) is 2. The maximum atomic E-state index is 9.41. The average Bonchev–Trinajstić information content (AvgIpc) is 2.05. The molecule has 1 atom stereocenters. The molecule has 0 aliphatic heterocycles.